The lowest BCUT2D eigenvalue weighted by molar-refractivity contribution is -0.136. The van der Waals surface area contributed by atoms with Crippen LogP contribution in [0, 0.1) is 17.8 Å². The SMILES string of the molecule is CCc1nsc(N2CCC(C#Cc3cccc4c3CN(C3CCC(=O)NC3=O)C4=O)CC2)n1. The number of aryl methyl sites for hydroxylation is 1. The molecule has 33 heavy (non-hydrogen) atoms. The summed E-state index contributed by atoms with van der Waals surface area (Å²) < 4.78 is 4.38. The fourth-order valence-electron chi connectivity index (χ4n) is 4.61. The summed E-state index contributed by atoms with van der Waals surface area (Å²) in [5.74, 6) is 7.08. The molecule has 1 aromatic heterocycles. The van der Waals surface area contributed by atoms with E-state index in [1.165, 1.54) is 11.5 Å². The first-order valence-electron chi connectivity index (χ1n) is 11.4. The first-order valence-corrected chi connectivity index (χ1v) is 12.2. The van der Waals surface area contributed by atoms with E-state index in [2.05, 4.69) is 38.3 Å². The van der Waals surface area contributed by atoms with Gasteiger partial charge in [0.05, 0.1) is 0 Å². The number of aromatic nitrogens is 2. The highest BCUT2D eigenvalue weighted by atomic mass is 32.1. The molecule has 5 rings (SSSR count). The Hall–Kier alpha value is -3.25. The second kappa shape index (κ2) is 8.94. The van der Waals surface area contributed by atoms with E-state index < -0.39 is 11.9 Å². The average Bonchev–Trinajstić information content (AvgIpc) is 3.43. The quantitative estimate of drug-likeness (QED) is 0.554. The molecule has 0 aliphatic carbocycles. The van der Waals surface area contributed by atoms with Gasteiger partial charge < -0.3 is 9.80 Å². The van der Waals surface area contributed by atoms with Crippen LogP contribution in [0.1, 0.15) is 59.9 Å². The number of carbonyl (C=O) groups is 3. The Morgan fingerprint density at radius 2 is 2.00 bits per heavy atom. The molecule has 1 aromatic carbocycles. The second-order valence-electron chi connectivity index (χ2n) is 8.61. The van der Waals surface area contributed by atoms with E-state index in [4.69, 9.17) is 0 Å². The fraction of sp³-hybridized carbons (Fsp3) is 0.458. The third kappa shape index (κ3) is 4.23. The van der Waals surface area contributed by atoms with E-state index in [-0.39, 0.29) is 18.2 Å². The van der Waals surface area contributed by atoms with Crippen molar-refractivity contribution in [2.24, 2.45) is 5.92 Å². The molecular formula is C24H25N5O3S. The predicted molar refractivity (Wildman–Crippen MR) is 124 cm³/mol. The van der Waals surface area contributed by atoms with Crippen LogP contribution in [-0.2, 0) is 22.6 Å². The number of rotatable bonds is 3. The van der Waals surface area contributed by atoms with E-state index >= 15 is 0 Å². The van der Waals surface area contributed by atoms with Gasteiger partial charge in [0, 0.05) is 61.1 Å². The number of anilines is 1. The summed E-state index contributed by atoms with van der Waals surface area (Å²) in [6, 6.07) is 4.97. The minimum Gasteiger partial charge on any atom is -0.347 e. The number of piperidine rings is 2. The number of nitrogens with one attached hydrogen (secondary N) is 1. The van der Waals surface area contributed by atoms with Crippen molar-refractivity contribution in [2.45, 2.75) is 51.6 Å². The minimum atomic E-state index is -0.610. The van der Waals surface area contributed by atoms with Gasteiger partial charge in [-0.25, -0.2) is 4.98 Å². The molecule has 1 unspecified atom stereocenters. The van der Waals surface area contributed by atoms with E-state index in [1.54, 1.807) is 11.0 Å². The van der Waals surface area contributed by atoms with Gasteiger partial charge in [-0.1, -0.05) is 24.8 Å². The smallest absolute Gasteiger partial charge is 0.255 e. The molecule has 0 saturated carbocycles. The van der Waals surface area contributed by atoms with Crippen LogP contribution in [0.2, 0.25) is 0 Å². The van der Waals surface area contributed by atoms with Gasteiger partial charge in [0.1, 0.15) is 11.9 Å². The van der Waals surface area contributed by atoms with Gasteiger partial charge in [0.2, 0.25) is 16.9 Å². The van der Waals surface area contributed by atoms with Crippen molar-refractivity contribution in [3.05, 3.63) is 40.7 Å². The summed E-state index contributed by atoms with van der Waals surface area (Å²) >= 11 is 1.46. The van der Waals surface area contributed by atoms with Crippen molar-refractivity contribution in [1.29, 1.82) is 0 Å². The van der Waals surface area contributed by atoms with Gasteiger partial charge in [-0.15, -0.1) is 0 Å². The normalized spacial score (nSPS) is 21.0. The van der Waals surface area contributed by atoms with Crippen molar-refractivity contribution in [3.8, 4) is 11.8 Å². The molecule has 2 aromatic rings. The Kier molecular flexibility index (Phi) is 5.85. The molecule has 1 atom stereocenters. The molecule has 3 amide bonds. The maximum atomic E-state index is 13.0. The van der Waals surface area contributed by atoms with Gasteiger partial charge in [-0.3, -0.25) is 19.7 Å². The first-order chi connectivity index (χ1) is 16.0. The van der Waals surface area contributed by atoms with Crippen molar-refractivity contribution in [1.82, 2.24) is 19.6 Å². The second-order valence-corrected chi connectivity index (χ2v) is 9.34. The van der Waals surface area contributed by atoms with Crippen LogP contribution >= 0.6 is 11.5 Å². The Labute approximate surface area is 196 Å². The topological polar surface area (TPSA) is 95.5 Å². The number of hydrogen-bond donors (Lipinski definition) is 1. The molecule has 8 nitrogen and oxygen atoms in total. The number of carbonyl (C=O) groups excluding carboxylic acids is 3. The third-order valence-corrected chi connectivity index (χ3v) is 7.35. The van der Waals surface area contributed by atoms with Crippen LogP contribution in [0.4, 0.5) is 5.13 Å². The summed E-state index contributed by atoms with van der Waals surface area (Å²) in [5.41, 5.74) is 2.32. The Morgan fingerprint density at radius 1 is 1.18 bits per heavy atom. The van der Waals surface area contributed by atoms with Gasteiger partial charge in [-0.05, 0) is 37.0 Å². The van der Waals surface area contributed by atoms with Crippen LogP contribution in [0.25, 0.3) is 0 Å². The Bertz CT molecular complexity index is 1170. The summed E-state index contributed by atoms with van der Waals surface area (Å²) in [4.78, 5) is 45.2. The monoisotopic (exact) mass is 463 g/mol. The molecule has 2 saturated heterocycles. The maximum Gasteiger partial charge on any atom is 0.255 e. The summed E-state index contributed by atoms with van der Waals surface area (Å²) in [7, 11) is 0. The molecule has 0 bridgehead atoms. The highest BCUT2D eigenvalue weighted by molar-refractivity contribution is 7.09. The van der Waals surface area contributed by atoms with Crippen molar-refractivity contribution in [2.75, 3.05) is 18.0 Å². The molecule has 0 radical (unpaired) electrons. The number of nitrogens with zero attached hydrogens (tertiary/aromatic N) is 4. The number of benzene rings is 1. The van der Waals surface area contributed by atoms with Crippen LogP contribution in [0.5, 0.6) is 0 Å². The lowest BCUT2D eigenvalue weighted by Crippen LogP contribution is -2.52. The van der Waals surface area contributed by atoms with E-state index in [9.17, 15) is 14.4 Å². The molecule has 4 heterocycles. The highest BCUT2D eigenvalue weighted by Crippen LogP contribution is 2.30. The molecular weight excluding hydrogens is 438 g/mol. The van der Waals surface area contributed by atoms with Gasteiger partial charge in [0.25, 0.3) is 5.91 Å². The van der Waals surface area contributed by atoms with E-state index in [1.807, 2.05) is 12.1 Å². The van der Waals surface area contributed by atoms with Crippen LogP contribution in [0.3, 0.4) is 0 Å². The number of amides is 3. The minimum absolute atomic E-state index is 0.167. The number of fused-ring (bicyclic) bond motifs is 1. The maximum absolute atomic E-state index is 13.0. The third-order valence-electron chi connectivity index (χ3n) is 6.53. The average molecular weight is 464 g/mol. The zero-order valence-corrected chi connectivity index (χ0v) is 19.3. The van der Waals surface area contributed by atoms with Crippen LogP contribution < -0.4 is 10.2 Å². The Balaban J connectivity index is 1.27. The van der Waals surface area contributed by atoms with Gasteiger partial charge >= 0.3 is 0 Å². The number of hydrogen-bond acceptors (Lipinski definition) is 7. The standard InChI is InChI=1S/C24H25N5O3S/c1-2-20-25-24(33-27-20)28-12-10-15(11-13-28)6-7-16-4-3-5-17-18(16)14-29(23(17)32)19-8-9-21(30)26-22(19)31/h3-5,15,19H,2,8-14H2,1H3,(H,26,30,31). The fourth-order valence-corrected chi connectivity index (χ4v) is 5.42. The van der Waals surface area contributed by atoms with Crippen LogP contribution in [-0.4, -0.2) is 51.1 Å². The molecule has 3 aliphatic rings. The molecule has 2 fully saturated rings. The van der Waals surface area contributed by atoms with Crippen molar-refractivity contribution in [3.63, 3.8) is 0 Å². The van der Waals surface area contributed by atoms with E-state index in [0.717, 1.165) is 54.4 Å². The molecule has 0 spiro atoms. The summed E-state index contributed by atoms with van der Waals surface area (Å²) in [6.45, 7) is 4.23. The largest absolute Gasteiger partial charge is 0.347 e. The van der Waals surface area contributed by atoms with Crippen molar-refractivity contribution >= 4 is 34.4 Å². The van der Waals surface area contributed by atoms with Gasteiger partial charge in [0.15, 0.2) is 0 Å². The first kappa shape index (κ1) is 21.6. The summed E-state index contributed by atoms with van der Waals surface area (Å²) in [5, 5.41) is 3.34. The molecule has 9 heteroatoms. The number of imide groups is 1. The molecule has 1 N–H and O–H groups in total. The molecule has 3 aliphatic heterocycles. The van der Waals surface area contributed by atoms with Gasteiger partial charge in [-0.2, -0.15) is 4.37 Å². The van der Waals surface area contributed by atoms with Crippen LogP contribution in [0.15, 0.2) is 18.2 Å². The lowest BCUT2D eigenvalue weighted by Gasteiger charge is -2.29. The van der Waals surface area contributed by atoms with Crippen molar-refractivity contribution < 1.29 is 14.4 Å². The Morgan fingerprint density at radius 3 is 2.73 bits per heavy atom. The molecule has 170 valence electrons. The predicted octanol–water partition coefficient (Wildman–Crippen LogP) is 2.13. The highest BCUT2D eigenvalue weighted by Gasteiger charge is 2.39. The van der Waals surface area contributed by atoms with E-state index in [0.29, 0.717) is 24.4 Å². The summed E-state index contributed by atoms with van der Waals surface area (Å²) in [6.07, 6.45) is 3.38. The zero-order chi connectivity index (χ0) is 22.9. The lowest BCUT2D eigenvalue weighted by atomic mass is 9.96. The zero-order valence-electron chi connectivity index (χ0n) is 18.5.